The predicted molar refractivity (Wildman–Crippen MR) is 81.0 cm³/mol. The van der Waals surface area contributed by atoms with Gasteiger partial charge in [0.25, 0.3) is 0 Å². The minimum atomic E-state index is -0.260. The van der Waals surface area contributed by atoms with Crippen LogP contribution in [0.1, 0.15) is 11.1 Å². The molecule has 4 nitrogen and oxygen atoms in total. The van der Waals surface area contributed by atoms with Crippen LogP contribution in [-0.2, 0) is 4.79 Å². The molecule has 2 aromatic rings. The topological polar surface area (TPSA) is 77.8 Å². The molecule has 4 heteroatoms. The van der Waals surface area contributed by atoms with Crippen molar-refractivity contribution in [1.82, 2.24) is 0 Å². The first-order valence-electron chi connectivity index (χ1n) is 6.26. The Bertz CT molecular complexity index is 697. The van der Waals surface area contributed by atoms with Gasteiger partial charge >= 0.3 is 0 Å². The van der Waals surface area contributed by atoms with Crippen LogP contribution in [-0.4, -0.2) is 21.1 Å². The van der Waals surface area contributed by atoms with Gasteiger partial charge in [0.05, 0.1) is 0 Å². The Balaban J connectivity index is 2.06. The molecule has 2 rings (SSSR count). The van der Waals surface area contributed by atoms with Crippen molar-refractivity contribution in [2.24, 2.45) is 0 Å². The molecule has 3 N–H and O–H groups in total. The molecule has 0 unspecified atom stereocenters. The summed E-state index contributed by atoms with van der Waals surface area (Å²) in [6.07, 6.45) is 5.72. The van der Waals surface area contributed by atoms with E-state index in [2.05, 4.69) is 0 Å². The van der Waals surface area contributed by atoms with Crippen LogP contribution < -0.4 is 0 Å². The molecule has 0 aromatic heterocycles. The third-order valence-electron chi connectivity index (χ3n) is 2.81. The third kappa shape index (κ3) is 3.98. The van der Waals surface area contributed by atoms with Gasteiger partial charge in [-0.2, -0.15) is 0 Å². The summed E-state index contributed by atoms with van der Waals surface area (Å²) in [6.45, 7) is 0. The summed E-state index contributed by atoms with van der Waals surface area (Å²) in [5.74, 6) is -0.586. The van der Waals surface area contributed by atoms with E-state index >= 15 is 0 Å². The minimum absolute atomic E-state index is 0.165. The highest BCUT2D eigenvalue weighted by molar-refractivity contribution is 6.04. The van der Waals surface area contributed by atoms with E-state index in [1.807, 2.05) is 0 Å². The number of hydrogen-bond acceptors (Lipinski definition) is 4. The molecule has 0 fully saturated rings. The van der Waals surface area contributed by atoms with E-state index in [1.54, 1.807) is 30.3 Å². The molecule has 0 radical (unpaired) electrons. The van der Waals surface area contributed by atoms with Gasteiger partial charge in [0, 0.05) is 5.56 Å². The SMILES string of the molecule is O=C(/C=C/c1ccc(O)cc1)/C=C/c1cccc(O)c1O. The van der Waals surface area contributed by atoms with Crippen LogP contribution in [0.2, 0.25) is 0 Å². The van der Waals surface area contributed by atoms with Crippen molar-refractivity contribution < 1.29 is 20.1 Å². The molecule has 0 atom stereocenters. The second kappa shape index (κ2) is 6.43. The average Bonchev–Trinajstić information content (AvgIpc) is 2.48. The summed E-state index contributed by atoms with van der Waals surface area (Å²) in [4.78, 5) is 11.7. The van der Waals surface area contributed by atoms with Crippen LogP contribution >= 0.6 is 0 Å². The normalized spacial score (nSPS) is 11.2. The first kappa shape index (κ1) is 14.4. The summed E-state index contributed by atoms with van der Waals surface area (Å²) < 4.78 is 0. The Kier molecular flexibility index (Phi) is 4.41. The Morgan fingerprint density at radius 1 is 0.857 bits per heavy atom. The van der Waals surface area contributed by atoms with Gasteiger partial charge in [-0.25, -0.2) is 0 Å². The van der Waals surface area contributed by atoms with E-state index in [4.69, 9.17) is 5.11 Å². The molecule has 0 saturated heterocycles. The van der Waals surface area contributed by atoms with Crippen LogP contribution in [0.3, 0.4) is 0 Å². The fourth-order valence-electron chi connectivity index (χ4n) is 1.67. The number of benzene rings is 2. The quantitative estimate of drug-likeness (QED) is 0.595. The molecule has 0 bridgehead atoms. The fraction of sp³-hybridized carbons (Fsp3) is 0. The van der Waals surface area contributed by atoms with E-state index in [9.17, 15) is 15.0 Å². The maximum absolute atomic E-state index is 11.7. The second-order valence-corrected chi connectivity index (χ2v) is 4.38. The Hall–Kier alpha value is -3.01. The Morgan fingerprint density at radius 3 is 2.24 bits per heavy atom. The van der Waals surface area contributed by atoms with Crippen molar-refractivity contribution in [3.63, 3.8) is 0 Å². The number of para-hydroxylation sites is 1. The number of phenols is 3. The zero-order valence-corrected chi connectivity index (χ0v) is 11.1. The second-order valence-electron chi connectivity index (χ2n) is 4.38. The summed E-state index contributed by atoms with van der Waals surface area (Å²) in [5.41, 5.74) is 1.15. The lowest BCUT2D eigenvalue weighted by Crippen LogP contribution is -1.85. The smallest absolute Gasteiger partial charge is 0.178 e. The molecule has 0 heterocycles. The van der Waals surface area contributed by atoms with Gasteiger partial charge in [0.15, 0.2) is 17.3 Å². The molecular formula is C17H14O4. The maximum atomic E-state index is 11.7. The fourth-order valence-corrected chi connectivity index (χ4v) is 1.67. The number of hydrogen-bond donors (Lipinski definition) is 3. The van der Waals surface area contributed by atoms with E-state index in [0.29, 0.717) is 5.56 Å². The van der Waals surface area contributed by atoms with Crippen molar-refractivity contribution in [1.29, 1.82) is 0 Å². The lowest BCUT2D eigenvalue weighted by atomic mass is 10.1. The molecule has 0 aliphatic carbocycles. The number of aromatic hydroxyl groups is 3. The zero-order chi connectivity index (χ0) is 15.2. The molecule has 21 heavy (non-hydrogen) atoms. The van der Waals surface area contributed by atoms with E-state index in [0.717, 1.165) is 5.56 Å². The lowest BCUT2D eigenvalue weighted by Gasteiger charge is -2.00. The molecular weight excluding hydrogens is 268 g/mol. The Morgan fingerprint density at radius 2 is 1.52 bits per heavy atom. The van der Waals surface area contributed by atoms with Gasteiger partial charge in [-0.15, -0.1) is 0 Å². The summed E-state index contributed by atoms with van der Waals surface area (Å²) in [6, 6.07) is 11.0. The van der Waals surface area contributed by atoms with Crippen molar-refractivity contribution in [3.05, 3.63) is 65.7 Å². The highest BCUT2D eigenvalue weighted by Crippen LogP contribution is 2.28. The summed E-state index contributed by atoms with van der Waals surface area (Å²) >= 11 is 0. The number of carbonyl (C=O) groups excluding carboxylic acids is 1. The van der Waals surface area contributed by atoms with Gasteiger partial charge in [-0.05, 0) is 42.0 Å². The standard InChI is InChI=1S/C17H14O4/c18-14-8-4-12(5-9-14)6-10-15(19)11-7-13-2-1-3-16(20)17(13)21/h1-11,18,20-21H/b10-6+,11-7+. The van der Waals surface area contributed by atoms with Crippen molar-refractivity contribution in [2.45, 2.75) is 0 Å². The Labute approximate surface area is 121 Å². The number of rotatable bonds is 4. The zero-order valence-electron chi connectivity index (χ0n) is 11.1. The van der Waals surface area contributed by atoms with E-state index < -0.39 is 0 Å². The average molecular weight is 282 g/mol. The number of ketones is 1. The molecule has 0 aliphatic heterocycles. The first-order chi connectivity index (χ1) is 10.1. The van der Waals surface area contributed by atoms with Crippen LogP contribution in [0.25, 0.3) is 12.2 Å². The molecule has 106 valence electrons. The number of carbonyl (C=O) groups is 1. The highest BCUT2D eigenvalue weighted by atomic mass is 16.3. The molecule has 0 aliphatic rings. The minimum Gasteiger partial charge on any atom is -0.508 e. The van der Waals surface area contributed by atoms with Gasteiger partial charge < -0.3 is 15.3 Å². The summed E-state index contributed by atoms with van der Waals surface area (Å²) in [5, 5.41) is 28.1. The van der Waals surface area contributed by atoms with Gasteiger partial charge in [0.2, 0.25) is 0 Å². The molecule has 0 spiro atoms. The van der Waals surface area contributed by atoms with E-state index in [1.165, 1.54) is 36.4 Å². The molecule has 0 amide bonds. The third-order valence-corrected chi connectivity index (χ3v) is 2.81. The maximum Gasteiger partial charge on any atom is 0.178 e. The largest absolute Gasteiger partial charge is 0.508 e. The van der Waals surface area contributed by atoms with Crippen LogP contribution in [0.4, 0.5) is 0 Å². The van der Waals surface area contributed by atoms with E-state index in [-0.39, 0.29) is 23.0 Å². The van der Waals surface area contributed by atoms with Crippen molar-refractivity contribution in [2.75, 3.05) is 0 Å². The van der Waals surface area contributed by atoms with Gasteiger partial charge in [-0.3, -0.25) is 4.79 Å². The monoisotopic (exact) mass is 282 g/mol. The lowest BCUT2D eigenvalue weighted by molar-refractivity contribution is -0.110. The van der Waals surface area contributed by atoms with Gasteiger partial charge in [0.1, 0.15) is 5.75 Å². The van der Waals surface area contributed by atoms with Gasteiger partial charge in [-0.1, -0.05) is 30.3 Å². The molecule has 2 aromatic carbocycles. The van der Waals surface area contributed by atoms with Crippen molar-refractivity contribution >= 4 is 17.9 Å². The molecule has 0 saturated carbocycles. The first-order valence-corrected chi connectivity index (χ1v) is 6.26. The summed E-state index contributed by atoms with van der Waals surface area (Å²) in [7, 11) is 0. The van der Waals surface area contributed by atoms with Crippen LogP contribution in [0.5, 0.6) is 17.2 Å². The number of phenolic OH excluding ortho intramolecular Hbond substituents is 3. The van der Waals surface area contributed by atoms with Crippen LogP contribution in [0, 0.1) is 0 Å². The van der Waals surface area contributed by atoms with Crippen molar-refractivity contribution in [3.8, 4) is 17.2 Å². The number of allylic oxidation sites excluding steroid dienone is 2. The predicted octanol–water partition coefficient (Wildman–Crippen LogP) is 3.10. The highest BCUT2D eigenvalue weighted by Gasteiger charge is 2.02. The van der Waals surface area contributed by atoms with Crippen LogP contribution in [0.15, 0.2) is 54.6 Å².